The van der Waals surface area contributed by atoms with E-state index in [4.69, 9.17) is 11.6 Å². The van der Waals surface area contributed by atoms with Crippen LogP contribution in [0, 0.1) is 0 Å². The topological polar surface area (TPSA) is 74.8 Å². The second-order valence-electron chi connectivity index (χ2n) is 6.48. The Balaban J connectivity index is 1.55. The maximum Gasteiger partial charge on any atom is 0.254 e. The van der Waals surface area contributed by atoms with E-state index in [9.17, 15) is 9.59 Å². The highest BCUT2D eigenvalue weighted by atomic mass is 35.5. The second-order valence-corrected chi connectivity index (χ2v) is 6.91. The zero-order valence-corrected chi connectivity index (χ0v) is 15.3. The summed E-state index contributed by atoms with van der Waals surface area (Å²) < 4.78 is 0. The minimum absolute atomic E-state index is 0.0300. The minimum atomic E-state index is -0.296. The quantitative estimate of drug-likeness (QED) is 0.761. The number of allylic oxidation sites excluding steroid dienone is 1. The molecule has 6 heteroatoms. The number of nitrogens with zero attached hydrogens (tertiary/aromatic N) is 1. The first-order valence-electron chi connectivity index (χ1n) is 8.90. The Kier molecular flexibility index (Phi) is 6.23. The van der Waals surface area contributed by atoms with Crippen molar-refractivity contribution < 1.29 is 4.79 Å². The van der Waals surface area contributed by atoms with E-state index >= 15 is 0 Å². The largest absolute Gasteiger partial charge is 0.355 e. The van der Waals surface area contributed by atoms with Crippen molar-refractivity contribution in [3.63, 3.8) is 0 Å². The van der Waals surface area contributed by atoms with E-state index < -0.39 is 0 Å². The molecule has 1 heterocycles. The van der Waals surface area contributed by atoms with Gasteiger partial charge in [0.15, 0.2) is 0 Å². The zero-order chi connectivity index (χ0) is 18.4. The summed E-state index contributed by atoms with van der Waals surface area (Å²) in [6, 6.07) is 7.04. The van der Waals surface area contributed by atoms with Crippen molar-refractivity contribution in [2.75, 3.05) is 6.54 Å². The van der Waals surface area contributed by atoms with Gasteiger partial charge in [-0.15, -0.1) is 0 Å². The number of carbonyl (C=O) groups is 1. The lowest BCUT2D eigenvalue weighted by atomic mass is 9.97. The molecule has 0 saturated carbocycles. The highest BCUT2D eigenvalue weighted by molar-refractivity contribution is 6.30. The van der Waals surface area contributed by atoms with Gasteiger partial charge in [-0.3, -0.25) is 9.59 Å². The molecular weight excluding hydrogens is 350 g/mol. The Morgan fingerprint density at radius 2 is 2.04 bits per heavy atom. The number of halogens is 1. The normalized spacial score (nSPS) is 14.0. The zero-order valence-electron chi connectivity index (χ0n) is 14.6. The molecule has 136 valence electrons. The third-order valence-electron chi connectivity index (χ3n) is 4.50. The van der Waals surface area contributed by atoms with Crippen molar-refractivity contribution >= 4 is 17.5 Å². The van der Waals surface area contributed by atoms with Crippen LogP contribution in [0.1, 0.15) is 37.7 Å². The number of nitrogens with one attached hydrogen (secondary N) is 2. The van der Waals surface area contributed by atoms with E-state index in [-0.39, 0.29) is 17.9 Å². The number of hydrogen-bond donors (Lipinski definition) is 2. The van der Waals surface area contributed by atoms with E-state index in [0.717, 1.165) is 24.8 Å². The standard InChI is InChI=1S/C20H22ClN3O2/c21-17-8-6-15(7-9-17)19-23-13-16(20(26)24-19)12-18(25)22-11-10-14-4-2-1-3-5-14/h4,6-9,13H,1-3,5,10-12H2,(H,22,25)(H,23,24,26). The fourth-order valence-electron chi connectivity index (χ4n) is 3.03. The lowest BCUT2D eigenvalue weighted by Gasteiger charge is -2.12. The van der Waals surface area contributed by atoms with E-state index in [1.807, 2.05) is 0 Å². The highest BCUT2D eigenvalue weighted by Gasteiger charge is 2.10. The molecule has 0 radical (unpaired) electrons. The SMILES string of the molecule is O=C(Cc1cnc(-c2ccc(Cl)cc2)[nH]c1=O)NCCC1=CCCCC1. The third kappa shape index (κ3) is 5.05. The van der Waals surface area contributed by atoms with Crippen LogP contribution in [0.3, 0.4) is 0 Å². The van der Waals surface area contributed by atoms with Crippen molar-refractivity contribution in [1.29, 1.82) is 0 Å². The molecule has 26 heavy (non-hydrogen) atoms. The number of hydrogen-bond acceptors (Lipinski definition) is 3. The fraction of sp³-hybridized carbons (Fsp3) is 0.350. The van der Waals surface area contributed by atoms with Gasteiger partial charge >= 0.3 is 0 Å². The number of H-pyrrole nitrogens is 1. The van der Waals surface area contributed by atoms with E-state index in [1.54, 1.807) is 24.3 Å². The van der Waals surface area contributed by atoms with Gasteiger partial charge in [-0.05, 0) is 56.4 Å². The third-order valence-corrected chi connectivity index (χ3v) is 4.75. The summed E-state index contributed by atoms with van der Waals surface area (Å²) in [4.78, 5) is 31.3. The lowest BCUT2D eigenvalue weighted by Crippen LogP contribution is -2.29. The monoisotopic (exact) mass is 371 g/mol. The average Bonchev–Trinajstić information content (AvgIpc) is 2.65. The van der Waals surface area contributed by atoms with Crippen LogP contribution in [0.2, 0.25) is 5.02 Å². The molecular formula is C20H22ClN3O2. The second kappa shape index (κ2) is 8.81. The van der Waals surface area contributed by atoms with Crippen molar-refractivity contribution in [3.8, 4) is 11.4 Å². The van der Waals surface area contributed by atoms with Crippen molar-refractivity contribution in [2.24, 2.45) is 0 Å². The summed E-state index contributed by atoms with van der Waals surface area (Å²) in [7, 11) is 0. The predicted molar refractivity (Wildman–Crippen MR) is 103 cm³/mol. The molecule has 0 spiro atoms. The number of aromatic nitrogens is 2. The highest BCUT2D eigenvalue weighted by Crippen LogP contribution is 2.19. The molecule has 3 rings (SSSR count). The number of aromatic amines is 1. The minimum Gasteiger partial charge on any atom is -0.355 e. The maximum atomic E-state index is 12.2. The fourth-order valence-corrected chi connectivity index (χ4v) is 3.16. The molecule has 2 N–H and O–H groups in total. The van der Waals surface area contributed by atoms with Crippen molar-refractivity contribution in [1.82, 2.24) is 15.3 Å². The number of benzene rings is 1. The van der Waals surface area contributed by atoms with Crippen LogP contribution < -0.4 is 10.9 Å². The average molecular weight is 372 g/mol. The molecule has 1 aromatic heterocycles. The Bertz CT molecular complexity index is 856. The van der Waals surface area contributed by atoms with Gasteiger partial charge in [0.25, 0.3) is 5.56 Å². The lowest BCUT2D eigenvalue weighted by molar-refractivity contribution is -0.120. The van der Waals surface area contributed by atoms with Gasteiger partial charge in [-0.1, -0.05) is 23.3 Å². The Morgan fingerprint density at radius 1 is 1.23 bits per heavy atom. The summed E-state index contributed by atoms with van der Waals surface area (Å²) >= 11 is 5.86. The van der Waals surface area contributed by atoms with Gasteiger partial charge in [0.05, 0.1) is 6.42 Å². The van der Waals surface area contributed by atoms with Crippen LogP contribution in [0.4, 0.5) is 0 Å². The van der Waals surface area contributed by atoms with Gasteiger partial charge in [0, 0.05) is 28.9 Å². The van der Waals surface area contributed by atoms with E-state index in [1.165, 1.54) is 24.6 Å². The summed E-state index contributed by atoms with van der Waals surface area (Å²) in [6.45, 7) is 0.610. The van der Waals surface area contributed by atoms with E-state index in [2.05, 4.69) is 21.4 Å². The molecule has 1 aromatic carbocycles. The molecule has 1 aliphatic rings. The first kappa shape index (κ1) is 18.4. The van der Waals surface area contributed by atoms with Gasteiger partial charge < -0.3 is 10.3 Å². The van der Waals surface area contributed by atoms with Gasteiger partial charge in [-0.25, -0.2) is 4.98 Å². The van der Waals surface area contributed by atoms with Gasteiger partial charge in [-0.2, -0.15) is 0 Å². The van der Waals surface area contributed by atoms with Crippen LogP contribution in [-0.4, -0.2) is 22.4 Å². The van der Waals surface area contributed by atoms with Crippen molar-refractivity contribution in [3.05, 3.63) is 63.1 Å². The molecule has 0 unspecified atom stereocenters. The van der Waals surface area contributed by atoms with Crippen LogP contribution in [0.15, 0.2) is 46.9 Å². The number of rotatable bonds is 6. The number of amides is 1. The predicted octanol–water partition coefficient (Wildman–Crippen LogP) is 3.64. The van der Waals surface area contributed by atoms with Gasteiger partial charge in [0.1, 0.15) is 5.82 Å². The molecule has 1 amide bonds. The number of carbonyl (C=O) groups excluding carboxylic acids is 1. The molecule has 0 atom stereocenters. The molecule has 1 aliphatic carbocycles. The molecule has 0 saturated heterocycles. The Hall–Kier alpha value is -2.40. The summed E-state index contributed by atoms with van der Waals surface area (Å²) in [5.74, 6) is 0.299. The van der Waals surface area contributed by atoms with Crippen LogP contribution in [0.5, 0.6) is 0 Å². The Labute approximate surface area is 157 Å². The maximum absolute atomic E-state index is 12.2. The molecule has 0 fully saturated rings. The molecule has 5 nitrogen and oxygen atoms in total. The summed E-state index contributed by atoms with van der Waals surface area (Å²) in [6.07, 6.45) is 9.43. The molecule has 0 aliphatic heterocycles. The van der Waals surface area contributed by atoms with E-state index in [0.29, 0.717) is 23.0 Å². The molecule has 2 aromatic rings. The summed E-state index contributed by atoms with van der Waals surface area (Å²) in [5, 5.41) is 3.50. The van der Waals surface area contributed by atoms with Crippen molar-refractivity contribution in [2.45, 2.75) is 38.5 Å². The van der Waals surface area contributed by atoms with Crippen LogP contribution in [-0.2, 0) is 11.2 Å². The smallest absolute Gasteiger partial charge is 0.254 e. The van der Waals surface area contributed by atoms with Crippen LogP contribution in [0.25, 0.3) is 11.4 Å². The summed E-state index contributed by atoms with van der Waals surface area (Å²) in [5.41, 5.74) is 2.25. The molecule has 0 bridgehead atoms. The van der Waals surface area contributed by atoms with Crippen LogP contribution >= 0.6 is 11.6 Å². The Morgan fingerprint density at radius 3 is 2.73 bits per heavy atom. The van der Waals surface area contributed by atoms with Gasteiger partial charge in [0.2, 0.25) is 5.91 Å². The first-order valence-corrected chi connectivity index (χ1v) is 9.28. The first-order chi connectivity index (χ1) is 12.6.